The summed E-state index contributed by atoms with van der Waals surface area (Å²) in [5.74, 6) is 1.78. The van der Waals surface area contributed by atoms with Crippen molar-refractivity contribution in [1.29, 1.82) is 0 Å². The number of fused-ring (bicyclic) bond motifs is 9. The Morgan fingerprint density at radius 2 is 0.939 bits per heavy atom. The van der Waals surface area contributed by atoms with E-state index in [1.54, 1.807) is 0 Å². The van der Waals surface area contributed by atoms with E-state index in [4.69, 9.17) is 4.98 Å². The van der Waals surface area contributed by atoms with Crippen molar-refractivity contribution in [2.45, 2.75) is 0 Å². The van der Waals surface area contributed by atoms with Gasteiger partial charge in [-0.15, -0.1) is 0 Å². The van der Waals surface area contributed by atoms with Crippen LogP contribution in [0.2, 0.25) is 0 Å². The maximum atomic E-state index is 5.43. The second-order valence-electron chi connectivity index (χ2n) is 12.8. The SMILES string of the molecule is c1ccc(N2c3cccc4cccc(c34)-c3ccc4c(c32)c2ccccc2n4-c2cccc(-n3c4ccccc4c4ccccc43)n2)cc1. The predicted octanol–water partition coefficient (Wildman–Crippen LogP) is 11.9. The molecule has 0 atom stereocenters. The fraction of sp³-hybridized carbons (Fsp3) is 0. The summed E-state index contributed by atoms with van der Waals surface area (Å²) in [6, 6.07) is 61.1. The van der Waals surface area contributed by atoms with E-state index < -0.39 is 0 Å². The maximum absolute atomic E-state index is 5.43. The molecule has 0 unspecified atom stereocenters. The van der Waals surface area contributed by atoms with E-state index in [1.807, 2.05) is 0 Å². The highest BCUT2D eigenvalue weighted by Gasteiger charge is 2.30. The highest BCUT2D eigenvalue weighted by molar-refractivity contribution is 6.24. The van der Waals surface area contributed by atoms with Crippen LogP contribution in [0.4, 0.5) is 17.1 Å². The van der Waals surface area contributed by atoms with Gasteiger partial charge in [-0.2, -0.15) is 0 Å². The van der Waals surface area contributed by atoms with Crippen molar-refractivity contribution >= 4 is 71.4 Å². The van der Waals surface area contributed by atoms with Gasteiger partial charge in [-0.3, -0.25) is 9.13 Å². The van der Waals surface area contributed by atoms with Crippen LogP contribution in [0.1, 0.15) is 0 Å². The van der Waals surface area contributed by atoms with E-state index in [2.05, 4.69) is 184 Å². The zero-order chi connectivity index (χ0) is 32.1. The summed E-state index contributed by atoms with van der Waals surface area (Å²) < 4.78 is 4.63. The summed E-state index contributed by atoms with van der Waals surface area (Å²) in [7, 11) is 0. The Balaban J connectivity index is 1.23. The lowest BCUT2D eigenvalue weighted by atomic mass is 9.89. The third-order valence-electron chi connectivity index (χ3n) is 10.2. The average molecular weight is 625 g/mol. The van der Waals surface area contributed by atoms with E-state index in [1.165, 1.54) is 54.8 Å². The topological polar surface area (TPSA) is 26.0 Å². The molecular formula is C45H28N4. The lowest BCUT2D eigenvalue weighted by Crippen LogP contribution is -2.15. The van der Waals surface area contributed by atoms with Crippen LogP contribution >= 0.6 is 0 Å². The minimum atomic E-state index is 0.884. The van der Waals surface area contributed by atoms with Crippen LogP contribution in [0.3, 0.4) is 0 Å². The molecule has 0 radical (unpaired) electrons. The number of aromatic nitrogens is 3. The number of nitrogens with zero attached hydrogens (tertiary/aromatic N) is 4. The van der Waals surface area contributed by atoms with Crippen LogP contribution in [-0.4, -0.2) is 14.1 Å². The van der Waals surface area contributed by atoms with Gasteiger partial charge in [-0.25, -0.2) is 4.98 Å². The molecule has 228 valence electrons. The highest BCUT2D eigenvalue weighted by atomic mass is 15.2. The van der Waals surface area contributed by atoms with E-state index in [0.29, 0.717) is 0 Å². The van der Waals surface area contributed by atoms with Gasteiger partial charge < -0.3 is 4.90 Å². The van der Waals surface area contributed by atoms with Crippen LogP contribution < -0.4 is 4.90 Å². The molecule has 0 saturated heterocycles. The smallest absolute Gasteiger partial charge is 0.140 e. The van der Waals surface area contributed by atoms with Crippen LogP contribution in [0.15, 0.2) is 170 Å². The van der Waals surface area contributed by atoms with Gasteiger partial charge in [0.15, 0.2) is 0 Å². The van der Waals surface area contributed by atoms with Gasteiger partial charge in [0.2, 0.25) is 0 Å². The Morgan fingerprint density at radius 1 is 0.367 bits per heavy atom. The number of para-hydroxylation sites is 4. The second kappa shape index (κ2) is 9.93. The normalized spacial score (nSPS) is 12.4. The molecule has 49 heavy (non-hydrogen) atoms. The van der Waals surface area contributed by atoms with Crippen molar-refractivity contribution in [3.63, 3.8) is 0 Å². The molecule has 11 rings (SSSR count). The zero-order valence-electron chi connectivity index (χ0n) is 26.5. The van der Waals surface area contributed by atoms with Crippen molar-refractivity contribution in [2.24, 2.45) is 0 Å². The minimum absolute atomic E-state index is 0.884. The minimum Gasteiger partial charge on any atom is -0.309 e. The summed E-state index contributed by atoms with van der Waals surface area (Å²) in [5, 5.41) is 7.40. The molecular weight excluding hydrogens is 597 g/mol. The molecule has 1 aliphatic heterocycles. The third kappa shape index (κ3) is 3.60. The molecule has 0 N–H and O–H groups in total. The van der Waals surface area contributed by atoms with Crippen LogP contribution in [0, 0.1) is 0 Å². The largest absolute Gasteiger partial charge is 0.309 e. The Bertz CT molecular complexity index is 2890. The Morgan fingerprint density at radius 3 is 1.65 bits per heavy atom. The molecule has 4 heterocycles. The molecule has 0 bridgehead atoms. The van der Waals surface area contributed by atoms with Gasteiger partial charge in [0.25, 0.3) is 0 Å². The van der Waals surface area contributed by atoms with Crippen molar-refractivity contribution < 1.29 is 0 Å². The summed E-state index contributed by atoms with van der Waals surface area (Å²) in [6.07, 6.45) is 0. The Labute approximate surface area is 282 Å². The molecule has 0 amide bonds. The first-order valence-corrected chi connectivity index (χ1v) is 16.7. The highest BCUT2D eigenvalue weighted by Crippen LogP contribution is 2.54. The molecule has 4 nitrogen and oxygen atoms in total. The Kier molecular flexibility index (Phi) is 5.35. The molecule has 0 fully saturated rings. The standard InChI is InChI=1S/C45H28N4/c1-2-15-30(16-3-1)47-39-24-11-14-29-13-10-20-33(43(29)39)34-27-28-40-44(45(34)47)35-19-6-9-23-38(35)49(40)42-26-12-25-41(46-42)48-36-21-7-4-17-31(36)32-18-5-8-22-37(32)48/h1-28H. The summed E-state index contributed by atoms with van der Waals surface area (Å²) in [4.78, 5) is 7.89. The first kappa shape index (κ1) is 26.4. The number of pyridine rings is 1. The molecule has 0 saturated carbocycles. The monoisotopic (exact) mass is 624 g/mol. The number of hydrogen-bond donors (Lipinski definition) is 0. The van der Waals surface area contributed by atoms with Gasteiger partial charge in [-0.1, -0.05) is 115 Å². The number of benzene rings is 7. The first-order valence-electron chi connectivity index (χ1n) is 16.7. The van der Waals surface area contributed by atoms with Crippen LogP contribution in [0.25, 0.3) is 77.1 Å². The number of rotatable bonds is 3. The van der Waals surface area contributed by atoms with Crippen molar-refractivity contribution in [3.8, 4) is 22.8 Å². The van der Waals surface area contributed by atoms with Crippen LogP contribution in [-0.2, 0) is 0 Å². The van der Waals surface area contributed by atoms with E-state index in [9.17, 15) is 0 Å². The molecule has 4 heteroatoms. The van der Waals surface area contributed by atoms with Crippen molar-refractivity contribution in [1.82, 2.24) is 14.1 Å². The zero-order valence-corrected chi connectivity index (χ0v) is 26.5. The number of hydrogen-bond acceptors (Lipinski definition) is 2. The van der Waals surface area contributed by atoms with Crippen molar-refractivity contribution in [2.75, 3.05) is 4.90 Å². The molecule has 3 aromatic heterocycles. The van der Waals surface area contributed by atoms with Gasteiger partial charge >= 0.3 is 0 Å². The van der Waals surface area contributed by atoms with Crippen LogP contribution in [0.5, 0.6) is 0 Å². The van der Waals surface area contributed by atoms with E-state index >= 15 is 0 Å². The lowest BCUT2D eigenvalue weighted by Gasteiger charge is -2.34. The summed E-state index contributed by atoms with van der Waals surface area (Å²) in [5.41, 5.74) is 10.6. The fourth-order valence-electron chi connectivity index (χ4n) is 8.27. The molecule has 1 aliphatic rings. The average Bonchev–Trinajstić information content (AvgIpc) is 3.69. The quantitative estimate of drug-likeness (QED) is 0.195. The van der Waals surface area contributed by atoms with Gasteiger partial charge in [-0.05, 0) is 65.5 Å². The maximum Gasteiger partial charge on any atom is 0.140 e. The Hall–Kier alpha value is -6.65. The third-order valence-corrected chi connectivity index (χ3v) is 10.2. The number of anilines is 3. The van der Waals surface area contributed by atoms with E-state index in [-0.39, 0.29) is 0 Å². The molecule has 0 spiro atoms. The summed E-state index contributed by atoms with van der Waals surface area (Å²) in [6.45, 7) is 0. The summed E-state index contributed by atoms with van der Waals surface area (Å²) >= 11 is 0. The lowest BCUT2D eigenvalue weighted by molar-refractivity contribution is 1.01. The molecule has 10 aromatic rings. The fourth-order valence-corrected chi connectivity index (χ4v) is 8.27. The van der Waals surface area contributed by atoms with Gasteiger partial charge in [0, 0.05) is 38.2 Å². The molecule has 0 aliphatic carbocycles. The van der Waals surface area contributed by atoms with Gasteiger partial charge in [0.1, 0.15) is 11.6 Å². The second-order valence-corrected chi connectivity index (χ2v) is 12.8. The predicted molar refractivity (Wildman–Crippen MR) is 204 cm³/mol. The first-order chi connectivity index (χ1) is 24.3. The van der Waals surface area contributed by atoms with Crippen molar-refractivity contribution in [3.05, 3.63) is 170 Å². The van der Waals surface area contributed by atoms with E-state index in [0.717, 1.165) is 39.4 Å². The molecule has 7 aromatic carbocycles. The van der Waals surface area contributed by atoms with Gasteiger partial charge in [0.05, 0.1) is 33.4 Å².